The first-order valence-corrected chi connectivity index (χ1v) is 22.6. The van der Waals surface area contributed by atoms with Crippen molar-refractivity contribution in [2.45, 2.75) is 112 Å². The Morgan fingerprint density at radius 1 is 0.550 bits per heavy atom. The number of rotatable bonds is 13. The molecular formula is C18H42SiSn. The quantitative estimate of drug-likeness (QED) is 0.280. The standard InChI is InChI=1S/C12H27Si.3C2H5.Sn/c1-4-7-10-13(11-8-5-2)12-9-6-3;3*1-2;/h4-12H2,1-3H3;3*1H2,2H3;. The van der Waals surface area contributed by atoms with E-state index in [0.29, 0.717) is 0 Å². The van der Waals surface area contributed by atoms with E-state index in [9.17, 15) is 0 Å². The van der Waals surface area contributed by atoms with Gasteiger partial charge in [0, 0.05) is 0 Å². The Hall–Kier alpha value is 1.02. The second-order valence-electron chi connectivity index (χ2n) is 6.93. The van der Waals surface area contributed by atoms with Gasteiger partial charge in [0.2, 0.25) is 0 Å². The predicted molar refractivity (Wildman–Crippen MR) is 102 cm³/mol. The van der Waals surface area contributed by atoms with Gasteiger partial charge in [-0.25, -0.2) is 0 Å². The summed E-state index contributed by atoms with van der Waals surface area (Å²) in [6.07, 6.45) is 8.89. The maximum atomic E-state index is 2.58. The fraction of sp³-hybridized carbons (Fsp3) is 1.00. The average molecular weight is 405 g/mol. The fourth-order valence-corrected chi connectivity index (χ4v) is 54.0. The van der Waals surface area contributed by atoms with Crippen LogP contribution in [-0.2, 0) is 0 Å². The Morgan fingerprint density at radius 3 is 1.05 bits per heavy atom. The van der Waals surface area contributed by atoms with Crippen molar-refractivity contribution in [2.75, 3.05) is 0 Å². The summed E-state index contributed by atoms with van der Waals surface area (Å²) in [4.78, 5) is 0. The molecule has 122 valence electrons. The molecule has 20 heavy (non-hydrogen) atoms. The van der Waals surface area contributed by atoms with Crippen LogP contribution in [-0.4, -0.2) is 23.2 Å². The molecule has 0 bridgehead atoms. The third-order valence-corrected chi connectivity index (χ3v) is 56.8. The van der Waals surface area contributed by atoms with Crippen LogP contribution in [0.5, 0.6) is 0 Å². The molecule has 0 unspecified atom stereocenters. The average Bonchev–Trinajstić information content (AvgIpc) is 2.50. The zero-order chi connectivity index (χ0) is 15.5. The Balaban J connectivity index is 5.38. The topological polar surface area (TPSA) is 0 Å². The molecule has 0 rings (SSSR count). The van der Waals surface area contributed by atoms with E-state index in [4.69, 9.17) is 0 Å². The minimum atomic E-state index is -1.84. The summed E-state index contributed by atoms with van der Waals surface area (Å²) in [5, 5.41) is 0. The molecule has 0 saturated carbocycles. The Labute approximate surface area is 134 Å². The van der Waals surface area contributed by atoms with Gasteiger partial charge in [-0.1, -0.05) is 0 Å². The summed E-state index contributed by atoms with van der Waals surface area (Å²) in [6.45, 7) is 14.9. The third-order valence-electron chi connectivity index (χ3n) is 6.18. The van der Waals surface area contributed by atoms with Crippen molar-refractivity contribution < 1.29 is 0 Å². The molecule has 0 amide bonds. The molecule has 0 saturated heterocycles. The number of unbranched alkanes of at least 4 members (excludes halogenated alkanes) is 3. The number of hydrogen-bond donors (Lipinski definition) is 0. The molecule has 0 aliphatic rings. The van der Waals surface area contributed by atoms with E-state index in [0.717, 1.165) is 0 Å². The van der Waals surface area contributed by atoms with Crippen molar-refractivity contribution in [3.63, 3.8) is 0 Å². The molecule has 0 aromatic carbocycles. The van der Waals surface area contributed by atoms with Crippen LogP contribution < -0.4 is 0 Å². The molecule has 0 aliphatic heterocycles. The summed E-state index contributed by atoms with van der Waals surface area (Å²) in [6, 6.07) is 5.11. The number of hydrogen-bond acceptors (Lipinski definition) is 0. The van der Waals surface area contributed by atoms with Gasteiger partial charge in [-0.3, -0.25) is 0 Å². The van der Waals surface area contributed by atoms with Gasteiger partial charge in [-0.15, -0.1) is 0 Å². The summed E-state index contributed by atoms with van der Waals surface area (Å²) in [5.41, 5.74) is -0.928. The van der Waals surface area contributed by atoms with Gasteiger partial charge in [0.25, 0.3) is 0 Å². The van der Waals surface area contributed by atoms with Crippen molar-refractivity contribution in [3.8, 4) is 0 Å². The van der Waals surface area contributed by atoms with Crippen molar-refractivity contribution in [3.05, 3.63) is 0 Å². The SMILES string of the molecule is CCCC[Si](CCCC)(CCCC)[Sn]([CH2]C)([CH2]C)[CH2]C. The van der Waals surface area contributed by atoms with Crippen molar-refractivity contribution in [2.24, 2.45) is 0 Å². The van der Waals surface area contributed by atoms with Crippen LogP contribution in [0.4, 0.5) is 0 Å². The van der Waals surface area contributed by atoms with E-state index in [-0.39, 0.29) is 0 Å². The first-order valence-electron chi connectivity index (χ1n) is 9.61. The molecule has 0 radical (unpaired) electrons. The molecule has 0 spiro atoms. The van der Waals surface area contributed by atoms with Gasteiger partial charge in [0.05, 0.1) is 0 Å². The van der Waals surface area contributed by atoms with E-state index < -0.39 is 23.2 Å². The zero-order valence-corrected chi connectivity index (χ0v) is 19.3. The van der Waals surface area contributed by atoms with Crippen LogP contribution in [0.25, 0.3) is 0 Å². The van der Waals surface area contributed by atoms with Gasteiger partial charge in [0.15, 0.2) is 0 Å². The second-order valence-corrected chi connectivity index (χ2v) is 40.6. The summed E-state index contributed by atoms with van der Waals surface area (Å²) in [5.74, 6) is 0. The van der Waals surface area contributed by atoms with E-state index in [1.165, 1.54) is 19.3 Å². The van der Waals surface area contributed by atoms with Gasteiger partial charge in [0.1, 0.15) is 0 Å². The molecule has 0 heterocycles. The molecule has 2 heteroatoms. The van der Waals surface area contributed by atoms with Gasteiger partial charge in [-0.2, -0.15) is 0 Å². The van der Waals surface area contributed by atoms with E-state index in [2.05, 4.69) is 41.5 Å². The van der Waals surface area contributed by atoms with Crippen LogP contribution in [0.3, 0.4) is 0 Å². The van der Waals surface area contributed by atoms with E-state index in [1.54, 1.807) is 50.7 Å². The third kappa shape index (κ3) is 5.33. The Bertz CT molecular complexity index is 193. The van der Waals surface area contributed by atoms with Crippen LogP contribution in [0, 0.1) is 0 Å². The summed E-state index contributed by atoms with van der Waals surface area (Å²) < 4.78 is 4.93. The zero-order valence-electron chi connectivity index (χ0n) is 15.5. The second kappa shape index (κ2) is 11.6. The molecular weight excluding hydrogens is 363 g/mol. The van der Waals surface area contributed by atoms with Crippen molar-refractivity contribution >= 4 is 23.2 Å². The molecule has 0 atom stereocenters. The molecule has 0 fully saturated rings. The molecule has 0 aromatic heterocycles. The Morgan fingerprint density at radius 2 is 0.850 bits per heavy atom. The van der Waals surface area contributed by atoms with Gasteiger partial charge < -0.3 is 0 Å². The normalized spacial score (nSPS) is 12.9. The summed E-state index contributed by atoms with van der Waals surface area (Å²) in [7, 11) is 0. The van der Waals surface area contributed by atoms with Crippen molar-refractivity contribution in [1.29, 1.82) is 0 Å². The van der Waals surface area contributed by atoms with Gasteiger partial charge >= 0.3 is 135 Å². The van der Waals surface area contributed by atoms with E-state index in [1.807, 2.05) is 0 Å². The molecule has 0 aromatic rings. The van der Waals surface area contributed by atoms with Crippen molar-refractivity contribution in [1.82, 2.24) is 0 Å². The van der Waals surface area contributed by atoms with Crippen LogP contribution in [0.1, 0.15) is 80.1 Å². The van der Waals surface area contributed by atoms with E-state index >= 15 is 0 Å². The van der Waals surface area contributed by atoms with Crippen LogP contribution >= 0.6 is 0 Å². The van der Waals surface area contributed by atoms with Crippen LogP contribution in [0.15, 0.2) is 0 Å². The Kier molecular flexibility index (Phi) is 12.2. The molecule has 0 N–H and O–H groups in total. The maximum absolute atomic E-state index is 2.58. The molecule has 0 aliphatic carbocycles. The minimum absolute atomic E-state index is 0.928. The monoisotopic (exact) mass is 406 g/mol. The molecule has 0 nitrogen and oxygen atoms in total. The predicted octanol–water partition coefficient (Wildman–Crippen LogP) is 7.42. The van der Waals surface area contributed by atoms with Gasteiger partial charge in [-0.05, 0) is 0 Å². The fourth-order valence-electron chi connectivity index (χ4n) is 4.59. The van der Waals surface area contributed by atoms with Crippen LogP contribution in [0.2, 0.25) is 31.4 Å². The first-order chi connectivity index (χ1) is 9.61. The summed E-state index contributed by atoms with van der Waals surface area (Å²) >= 11 is -1.84. The first kappa shape index (κ1) is 21.0.